The fourth-order valence-electron chi connectivity index (χ4n) is 3.87. The molecule has 0 radical (unpaired) electrons. The first-order chi connectivity index (χ1) is 13.0. The van der Waals surface area contributed by atoms with Crippen LogP contribution >= 0.6 is 0 Å². The van der Waals surface area contributed by atoms with E-state index in [1.54, 1.807) is 0 Å². The molecule has 0 heterocycles. The summed E-state index contributed by atoms with van der Waals surface area (Å²) in [6, 6.07) is 6.18. The molecule has 1 saturated carbocycles. The van der Waals surface area contributed by atoms with E-state index in [1.807, 2.05) is 33.8 Å². The van der Waals surface area contributed by atoms with Crippen molar-refractivity contribution in [1.82, 2.24) is 0 Å². The van der Waals surface area contributed by atoms with Gasteiger partial charge in [0, 0.05) is 23.3 Å². The molecule has 1 aromatic rings. The first-order valence-corrected chi connectivity index (χ1v) is 10.5. The van der Waals surface area contributed by atoms with Crippen molar-refractivity contribution in [2.75, 3.05) is 0 Å². The number of aryl methyl sites for hydroxylation is 2. The van der Waals surface area contributed by atoms with E-state index in [0.29, 0.717) is 23.9 Å². The van der Waals surface area contributed by atoms with E-state index in [9.17, 15) is 4.79 Å². The number of oxime groups is 1. The lowest BCUT2D eigenvalue weighted by molar-refractivity contribution is -0.127. The average molecular weight is 384 g/mol. The molecule has 0 aromatic heterocycles. The Balaban J connectivity index is 1.90. The summed E-state index contributed by atoms with van der Waals surface area (Å²) < 4.78 is 0. The third-order valence-corrected chi connectivity index (χ3v) is 6.55. The van der Waals surface area contributed by atoms with E-state index in [-0.39, 0.29) is 10.8 Å². The van der Waals surface area contributed by atoms with Crippen molar-refractivity contribution < 1.29 is 9.63 Å². The number of Topliss-reactive ketones (excluding diaryl/α,β-unsaturated/α-hetero) is 1. The Morgan fingerprint density at radius 3 is 2.43 bits per heavy atom. The van der Waals surface area contributed by atoms with Crippen LogP contribution in [0.4, 0.5) is 0 Å². The molecule has 3 heteroatoms. The Morgan fingerprint density at radius 2 is 1.89 bits per heavy atom. The highest BCUT2D eigenvalue weighted by atomic mass is 16.6. The average Bonchev–Trinajstić information content (AvgIpc) is 2.60. The van der Waals surface area contributed by atoms with Crippen molar-refractivity contribution in [1.29, 1.82) is 0 Å². The van der Waals surface area contributed by atoms with E-state index < -0.39 is 0 Å². The number of carbonyl (C=O) groups excluding carboxylic acids is 1. The summed E-state index contributed by atoms with van der Waals surface area (Å²) in [7, 11) is 0. The molecular weight excluding hydrogens is 346 g/mol. The van der Waals surface area contributed by atoms with Crippen LogP contribution in [-0.4, -0.2) is 11.5 Å². The Hall–Kier alpha value is -1.90. The van der Waals surface area contributed by atoms with Crippen LogP contribution in [0.3, 0.4) is 0 Å². The monoisotopic (exact) mass is 383 g/mol. The SMILES string of the molecule is C=C(O/N=C(\C)C1CC(CC)(CCC(=O)C(C)(C)C)C1)c1ccc(C)c(C)c1. The molecule has 0 spiro atoms. The summed E-state index contributed by atoms with van der Waals surface area (Å²) in [5.74, 6) is 1.39. The lowest BCUT2D eigenvalue weighted by Crippen LogP contribution is -2.41. The van der Waals surface area contributed by atoms with Gasteiger partial charge in [0.2, 0.25) is 0 Å². The third kappa shape index (κ3) is 5.33. The summed E-state index contributed by atoms with van der Waals surface area (Å²) in [6.07, 6.45) is 4.97. The van der Waals surface area contributed by atoms with E-state index in [2.05, 4.69) is 44.6 Å². The van der Waals surface area contributed by atoms with Crippen LogP contribution in [0.2, 0.25) is 0 Å². The Labute approximate surface area is 171 Å². The Morgan fingerprint density at radius 1 is 1.25 bits per heavy atom. The van der Waals surface area contributed by atoms with Crippen molar-refractivity contribution in [2.45, 2.75) is 80.6 Å². The lowest BCUT2D eigenvalue weighted by Gasteiger charge is -2.48. The number of hydrogen-bond acceptors (Lipinski definition) is 3. The van der Waals surface area contributed by atoms with E-state index in [1.165, 1.54) is 11.1 Å². The van der Waals surface area contributed by atoms with Crippen LogP contribution in [0.5, 0.6) is 0 Å². The summed E-state index contributed by atoms with van der Waals surface area (Å²) in [6.45, 7) is 18.5. The van der Waals surface area contributed by atoms with Gasteiger partial charge in [0.15, 0.2) is 5.76 Å². The fraction of sp³-hybridized carbons (Fsp3) is 0.600. The topological polar surface area (TPSA) is 38.7 Å². The molecule has 3 nitrogen and oxygen atoms in total. The minimum absolute atomic E-state index is 0.238. The van der Waals surface area contributed by atoms with Crippen molar-refractivity contribution in [3.05, 3.63) is 41.5 Å². The Kier molecular flexibility index (Phi) is 6.90. The first-order valence-electron chi connectivity index (χ1n) is 10.5. The number of carbonyl (C=O) groups is 1. The maximum atomic E-state index is 12.3. The highest BCUT2D eigenvalue weighted by molar-refractivity contribution is 5.85. The molecule has 0 saturated heterocycles. The molecule has 0 aliphatic heterocycles. The van der Waals surface area contributed by atoms with Gasteiger partial charge in [-0.2, -0.15) is 0 Å². The molecule has 1 aliphatic carbocycles. The maximum Gasteiger partial charge on any atom is 0.158 e. The molecule has 1 aromatic carbocycles. The van der Waals surface area contributed by atoms with Gasteiger partial charge in [-0.3, -0.25) is 4.79 Å². The first kappa shape index (κ1) is 22.4. The molecule has 1 aliphatic rings. The third-order valence-electron chi connectivity index (χ3n) is 6.55. The van der Waals surface area contributed by atoms with E-state index >= 15 is 0 Å². The van der Waals surface area contributed by atoms with E-state index in [4.69, 9.17) is 4.84 Å². The van der Waals surface area contributed by atoms with Gasteiger partial charge in [0.1, 0.15) is 5.78 Å². The predicted octanol–water partition coefficient (Wildman–Crippen LogP) is 6.87. The second kappa shape index (κ2) is 8.63. The van der Waals surface area contributed by atoms with E-state index in [0.717, 1.165) is 37.0 Å². The van der Waals surface area contributed by atoms with Crippen LogP contribution in [0.1, 0.15) is 83.4 Å². The standard InChI is InChI=1S/C25H37NO2/c1-9-25(13-12-23(27)24(6,7)8)15-22(16-25)19(4)26-28-20(5)21-11-10-17(2)18(3)14-21/h10-11,14,22H,5,9,12-13,15-16H2,1-4,6-8H3/b26-19+. The van der Waals surface area contributed by atoms with Crippen molar-refractivity contribution in [3.8, 4) is 0 Å². The van der Waals surface area contributed by atoms with Gasteiger partial charge in [-0.25, -0.2) is 0 Å². The fourth-order valence-corrected chi connectivity index (χ4v) is 3.87. The minimum atomic E-state index is -0.238. The molecule has 154 valence electrons. The highest BCUT2D eigenvalue weighted by Crippen LogP contribution is 2.52. The molecule has 0 unspecified atom stereocenters. The van der Waals surface area contributed by atoms with Crippen LogP contribution in [0.25, 0.3) is 5.76 Å². The molecule has 0 bridgehead atoms. The maximum absolute atomic E-state index is 12.3. The smallest absolute Gasteiger partial charge is 0.158 e. The van der Waals surface area contributed by atoms with Crippen LogP contribution in [0, 0.1) is 30.6 Å². The molecule has 0 amide bonds. The number of rotatable bonds is 8. The number of hydrogen-bond donors (Lipinski definition) is 0. The largest absolute Gasteiger partial charge is 0.357 e. The molecule has 28 heavy (non-hydrogen) atoms. The molecule has 0 N–H and O–H groups in total. The number of ketones is 1. The quantitative estimate of drug-likeness (QED) is 0.279. The Bertz CT molecular complexity index is 761. The second-order valence-corrected chi connectivity index (χ2v) is 9.68. The molecule has 2 rings (SSSR count). The van der Waals surface area contributed by atoms with Crippen LogP contribution in [-0.2, 0) is 9.63 Å². The summed E-state index contributed by atoms with van der Waals surface area (Å²) in [5, 5.41) is 4.36. The van der Waals surface area contributed by atoms with Gasteiger partial charge in [-0.05, 0) is 62.6 Å². The van der Waals surface area contributed by atoms with Gasteiger partial charge in [-0.15, -0.1) is 0 Å². The van der Waals surface area contributed by atoms with Gasteiger partial charge in [-0.1, -0.05) is 58.0 Å². The summed E-state index contributed by atoms with van der Waals surface area (Å²) in [5.41, 5.74) is 4.52. The van der Waals surface area contributed by atoms with Crippen molar-refractivity contribution >= 4 is 17.3 Å². The summed E-state index contributed by atoms with van der Waals surface area (Å²) >= 11 is 0. The van der Waals surface area contributed by atoms with Crippen molar-refractivity contribution in [3.63, 3.8) is 0 Å². The van der Waals surface area contributed by atoms with Crippen molar-refractivity contribution in [2.24, 2.45) is 21.9 Å². The van der Waals surface area contributed by atoms with Gasteiger partial charge >= 0.3 is 0 Å². The molecule has 0 atom stereocenters. The molecule has 1 fully saturated rings. The molecular formula is C25H37NO2. The normalized spacial score (nSPS) is 22.5. The second-order valence-electron chi connectivity index (χ2n) is 9.68. The lowest BCUT2D eigenvalue weighted by atomic mass is 9.57. The van der Waals surface area contributed by atoms with Gasteiger partial charge in [0.05, 0.1) is 5.71 Å². The predicted molar refractivity (Wildman–Crippen MR) is 118 cm³/mol. The van der Waals surface area contributed by atoms with Crippen LogP contribution < -0.4 is 0 Å². The minimum Gasteiger partial charge on any atom is -0.357 e. The highest BCUT2D eigenvalue weighted by Gasteiger charge is 2.44. The summed E-state index contributed by atoms with van der Waals surface area (Å²) in [4.78, 5) is 17.9. The zero-order valence-electron chi connectivity index (χ0n) is 18.8. The number of nitrogens with zero attached hydrogens (tertiary/aromatic N) is 1. The zero-order chi connectivity index (χ0) is 21.1. The van der Waals surface area contributed by atoms with Gasteiger partial charge in [0.25, 0.3) is 0 Å². The number of benzene rings is 1. The van der Waals surface area contributed by atoms with Gasteiger partial charge < -0.3 is 4.84 Å². The van der Waals surface area contributed by atoms with Crippen LogP contribution in [0.15, 0.2) is 29.9 Å². The zero-order valence-corrected chi connectivity index (χ0v) is 18.8.